The smallest absolute Gasteiger partial charge is 0.253 e. The second-order valence-electron chi connectivity index (χ2n) is 7.43. The third-order valence-electron chi connectivity index (χ3n) is 4.84. The molecule has 150 valence electrons. The van der Waals surface area contributed by atoms with Crippen molar-refractivity contribution in [2.24, 2.45) is 10.9 Å². The lowest BCUT2D eigenvalue weighted by atomic mass is 10.1. The number of nitrogens with one attached hydrogen (secondary N) is 2. The molecule has 0 radical (unpaired) electrons. The first-order valence-electron chi connectivity index (χ1n) is 10.1. The zero-order valence-electron chi connectivity index (χ0n) is 17.3. The predicted molar refractivity (Wildman–Crippen MR) is 112 cm³/mol. The molecule has 1 saturated heterocycles. The first-order chi connectivity index (χ1) is 13.0. The van der Waals surface area contributed by atoms with Crippen molar-refractivity contribution in [2.75, 3.05) is 46.8 Å². The van der Waals surface area contributed by atoms with Crippen molar-refractivity contribution in [3.63, 3.8) is 0 Å². The number of hydrogen-bond donors (Lipinski definition) is 2. The van der Waals surface area contributed by atoms with Crippen molar-refractivity contribution in [1.29, 1.82) is 0 Å². The van der Waals surface area contributed by atoms with Crippen LogP contribution in [0.4, 0.5) is 0 Å². The number of guanidine groups is 1. The van der Waals surface area contributed by atoms with Crippen molar-refractivity contribution in [2.45, 2.75) is 33.2 Å². The van der Waals surface area contributed by atoms with Crippen LogP contribution in [0.15, 0.2) is 29.3 Å². The quantitative estimate of drug-likeness (QED) is 0.542. The molecule has 0 aliphatic carbocycles. The van der Waals surface area contributed by atoms with Gasteiger partial charge in [-0.3, -0.25) is 4.79 Å². The van der Waals surface area contributed by atoms with E-state index in [-0.39, 0.29) is 5.91 Å². The fraction of sp³-hybridized carbons (Fsp3) is 0.619. The van der Waals surface area contributed by atoms with E-state index in [2.05, 4.69) is 29.4 Å². The number of amides is 1. The fourth-order valence-corrected chi connectivity index (χ4v) is 3.36. The molecule has 6 heteroatoms. The maximum atomic E-state index is 12.0. The highest BCUT2D eigenvalue weighted by Crippen LogP contribution is 2.15. The molecule has 2 rings (SSSR count). The zero-order valence-corrected chi connectivity index (χ0v) is 17.3. The second-order valence-corrected chi connectivity index (χ2v) is 7.43. The third-order valence-corrected chi connectivity index (χ3v) is 4.84. The molecule has 1 aliphatic heterocycles. The highest BCUT2D eigenvalue weighted by molar-refractivity contribution is 5.93. The van der Waals surface area contributed by atoms with Crippen LogP contribution in [-0.4, -0.2) is 68.5 Å². The van der Waals surface area contributed by atoms with Crippen LogP contribution in [-0.2, 0) is 6.54 Å². The van der Waals surface area contributed by atoms with Gasteiger partial charge in [-0.15, -0.1) is 0 Å². The van der Waals surface area contributed by atoms with Gasteiger partial charge in [-0.25, -0.2) is 4.99 Å². The van der Waals surface area contributed by atoms with E-state index >= 15 is 0 Å². The monoisotopic (exact) mass is 373 g/mol. The highest BCUT2D eigenvalue weighted by Gasteiger charge is 2.21. The van der Waals surface area contributed by atoms with Crippen molar-refractivity contribution >= 4 is 11.9 Å². The lowest BCUT2D eigenvalue weighted by Crippen LogP contribution is -2.40. The largest absolute Gasteiger partial charge is 0.357 e. The van der Waals surface area contributed by atoms with E-state index < -0.39 is 0 Å². The standard InChI is InChI=1S/C21H35N5O/c1-5-12-26-13-11-18(16-26)15-24-21(22-6-2)23-14-17-7-9-19(10-8-17)20(27)25(3)4/h7-10,18H,5-6,11-16H2,1-4H3,(H2,22,23,24). The van der Waals surface area contributed by atoms with E-state index in [1.807, 2.05) is 24.3 Å². The number of carbonyl (C=O) groups is 1. The molecule has 1 aromatic rings. The summed E-state index contributed by atoms with van der Waals surface area (Å²) in [6, 6.07) is 7.69. The van der Waals surface area contributed by atoms with Crippen LogP contribution >= 0.6 is 0 Å². The lowest BCUT2D eigenvalue weighted by molar-refractivity contribution is 0.0827. The Balaban J connectivity index is 1.86. The van der Waals surface area contributed by atoms with E-state index in [4.69, 9.17) is 4.99 Å². The van der Waals surface area contributed by atoms with E-state index in [9.17, 15) is 4.79 Å². The average Bonchev–Trinajstić information content (AvgIpc) is 3.11. The van der Waals surface area contributed by atoms with Gasteiger partial charge in [0.1, 0.15) is 0 Å². The molecule has 0 bridgehead atoms. The molecule has 0 saturated carbocycles. The molecule has 1 fully saturated rings. The number of benzene rings is 1. The Bertz CT molecular complexity index is 612. The lowest BCUT2D eigenvalue weighted by Gasteiger charge is -2.17. The molecular formula is C21H35N5O. The first-order valence-corrected chi connectivity index (χ1v) is 10.1. The summed E-state index contributed by atoms with van der Waals surface area (Å²) in [5.41, 5.74) is 1.80. The number of aliphatic imine (C=N–C) groups is 1. The predicted octanol–water partition coefficient (Wildman–Crippen LogP) is 2.18. The molecule has 6 nitrogen and oxygen atoms in total. The van der Waals surface area contributed by atoms with Gasteiger partial charge in [0.05, 0.1) is 6.54 Å². The topological polar surface area (TPSA) is 60.0 Å². The molecule has 27 heavy (non-hydrogen) atoms. The summed E-state index contributed by atoms with van der Waals surface area (Å²) >= 11 is 0. The maximum Gasteiger partial charge on any atom is 0.253 e. The zero-order chi connectivity index (χ0) is 19.6. The summed E-state index contributed by atoms with van der Waals surface area (Å²) in [5.74, 6) is 1.57. The second kappa shape index (κ2) is 10.9. The highest BCUT2D eigenvalue weighted by atomic mass is 16.2. The van der Waals surface area contributed by atoms with Gasteiger partial charge in [-0.2, -0.15) is 0 Å². The molecule has 1 unspecified atom stereocenters. The van der Waals surface area contributed by atoms with Gasteiger partial charge in [0, 0.05) is 39.3 Å². The summed E-state index contributed by atoms with van der Waals surface area (Å²) in [6.07, 6.45) is 2.48. The van der Waals surface area contributed by atoms with Gasteiger partial charge < -0.3 is 20.4 Å². The number of rotatable bonds is 8. The van der Waals surface area contributed by atoms with Crippen LogP contribution in [0, 0.1) is 5.92 Å². The van der Waals surface area contributed by atoms with Crippen molar-refractivity contribution in [3.05, 3.63) is 35.4 Å². The summed E-state index contributed by atoms with van der Waals surface area (Å²) in [6.45, 7) is 10.3. The summed E-state index contributed by atoms with van der Waals surface area (Å²) in [5, 5.41) is 6.81. The maximum absolute atomic E-state index is 12.0. The van der Waals surface area contributed by atoms with Gasteiger partial charge in [0.15, 0.2) is 5.96 Å². The minimum atomic E-state index is 0.0220. The molecule has 0 aromatic heterocycles. The Morgan fingerprint density at radius 1 is 1.22 bits per heavy atom. The molecule has 1 heterocycles. The van der Waals surface area contributed by atoms with E-state index in [0.717, 1.165) is 24.6 Å². The van der Waals surface area contributed by atoms with Crippen molar-refractivity contribution < 1.29 is 4.79 Å². The van der Waals surface area contributed by atoms with E-state index in [0.29, 0.717) is 18.0 Å². The van der Waals surface area contributed by atoms with Crippen LogP contribution in [0.25, 0.3) is 0 Å². The minimum Gasteiger partial charge on any atom is -0.357 e. The third kappa shape index (κ3) is 6.86. The Hall–Kier alpha value is -2.08. The van der Waals surface area contributed by atoms with Crippen LogP contribution < -0.4 is 10.6 Å². The van der Waals surface area contributed by atoms with Gasteiger partial charge in [-0.05, 0) is 56.5 Å². The number of carbonyl (C=O) groups excluding carboxylic acids is 1. The molecular weight excluding hydrogens is 338 g/mol. The van der Waals surface area contributed by atoms with Gasteiger partial charge in [0.2, 0.25) is 0 Å². The van der Waals surface area contributed by atoms with Gasteiger partial charge in [-0.1, -0.05) is 19.1 Å². The van der Waals surface area contributed by atoms with Gasteiger partial charge in [0.25, 0.3) is 5.91 Å². The molecule has 1 aromatic carbocycles. The van der Waals surface area contributed by atoms with Crippen LogP contribution in [0.1, 0.15) is 42.6 Å². The first kappa shape index (κ1) is 21.2. The Kier molecular flexibility index (Phi) is 8.58. The molecule has 0 spiro atoms. The van der Waals surface area contributed by atoms with Crippen molar-refractivity contribution in [1.82, 2.24) is 20.4 Å². The SMILES string of the molecule is CCCN1CCC(CNC(=NCc2ccc(C(=O)N(C)C)cc2)NCC)C1. The minimum absolute atomic E-state index is 0.0220. The Morgan fingerprint density at radius 3 is 2.59 bits per heavy atom. The summed E-state index contributed by atoms with van der Waals surface area (Å²) < 4.78 is 0. The molecule has 1 atom stereocenters. The van der Waals surface area contributed by atoms with Crippen molar-refractivity contribution in [3.8, 4) is 0 Å². The summed E-state index contributed by atoms with van der Waals surface area (Å²) in [4.78, 5) is 20.8. The van der Waals surface area contributed by atoms with Gasteiger partial charge >= 0.3 is 0 Å². The Labute approximate surface area is 164 Å². The normalized spacial score (nSPS) is 17.8. The molecule has 1 aliphatic rings. The van der Waals surface area contributed by atoms with Crippen LogP contribution in [0.3, 0.4) is 0 Å². The van der Waals surface area contributed by atoms with E-state index in [1.165, 1.54) is 32.5 Å². The van der Waals surface area contributed by atoms with Crippen LogP contribution in [0.2, 0.25) is 0 Å². The number of likely N-dealkylation sites (tertiary alicyclic amines) is 1. The molecule has 2 N–H and O–H groups in total. The summed E-state index contributed by atoms with van der Waals surface area (Å²) in [7, 11) is 3.53. The average molecular weight is 374 g/mol. The number of hydrogen-bond acceptors (Lipinski definition) is 3. The Morgan fingerprint density at radius 2 is 1.96 bits per heavy atom. The van der Waals surface area contributed by atoms with E-state index in [1.54, 1.807) is 19.0 Å². The van der Waals surface area contributed by atoms with Crippen LogP contribution in [0.5, 0.6) is 0 Å². The molecule has 1 amide bonds. The number of nitrogens with zero attached hydrogens (tertiary/aromatic N) is 3. The fourth-order valence-electron chi connectivity index (χ4n) is 3.36.